The SMILES string of the molecule is CO[Si](C)(CCCc1ccc(N)cc1)OC. The zero-order valence-corrected chi connectivity index (χ0v) is 11.3. The van der Waals surface area contributed by atoms with E-state index >= 15 is 0 Å². The highest BCUT2D eigenvalue weighted by molar-refractivity contribution is 6.65. The van der Waals surface area contributed by atoms with Gasteiger partial charge in [-0.2, -0.15) is 0 Å². The Morgan fingerprint density at radius 2 is 1.69 bits per heavy atom. The quantitative estimate of drug-likeness (QED) is 0.613. The summed E-state index contributed by atoms with van der Waals surface area (Å²) in [5.74, 6) is 0. The zero-order valence-electron chi connectivity index (χ0n) is 10.3. The van der Waals surface area contributed by atoms with Gasteiger partial charge in [-0.05, 0) is 43.1 Å². The molecule has 0 bridgehead atoms. The van der Waals surface area contributed by atoms with Crippen molar-refractivity contribution in [2.24, 2.45) is 0 Å². The molecule has 0 saturated heterocycles. The molecule has 0 aliphatic heterocycles. The van der Waals surface area contributed by atoms with Crippen LogP contribution in [0, 0.1) is 0 Å². The van der Waals surface area contributed by atoms with Crippen LogP contribution in [0.3, 0.4) is 0 Å². The van der Waals surface area contributed by atoms with Crippen LogP contribution in [0.5, 0.6) is 0 Å². The van der Waals surface area contributed by atoms with Gasteiger partial charge in [0.2, 0.25) is 0 Å². The number of benzene rings is 1. The van der Waals surface area contributed by atoms with E-state index in [9.17, 15) is 0 Å². The van der Waals surface area contributed by atoms with Crippen molar-refractivity contribution in [2.45, 2.75) is 25.4 Å². The minimum Gasteiger partial charge on any atom is -0.399 e. The van der Waals surface area contributed by atoms with Crippen molar-refractivity contribution < 1.29 is 8.85 Å². The lowest BCUT2D eigenvalue weighted by Crippen LogP contribution is -2.35. The van der Waals surface area contributed by atoms with Crippen molar-refractivity contribution in [2.75, 3.05) is 20.0 Å². The smallest absolute Gasteiger partial charge is 0.334 e. The minimum absolute atomic E-state index is 0.816. The van der Waals surface area contributed by atoms with Gasteiger partial charge in [-0.3, -0.25) is 0 Å². The summed E-state index contributed by atoms with van der Waals surface area (Å²) in [5, 5.41) is 0. The molecule has 0 spiro atoms. The number of rotatable bonds is 6. The summed E-state index contributed by atoms with van der Waals surface area (Å²) in [4.78, 5) is 0. The molecule has 0 amide bonds. The first-order valence-electron chi connectivity index (χ1n) is 5.54. The molecule has 0 aliphatic carbocycles. The van der Waals surface area contributed by atoms with Gasteiger partial charge in [-0.15, -0.1) is 0 Å². The Labute approximate surface area is 98.8 Å². The molecule has 1 aromatic rings. The van der Waals surface area contributed by atoms with E-state index in [4.69, 9.17) is 14.6 Å². The predicted octanol–water partition coefficient (Wildman–Crippen LogP) is 2.57. The van der Waals surface area contributed by atoms with E-state index in [2.05, 4.69) is 18.7 Å². The van der Waals surface area contributed by atoms with Gasteiger partial charge < -0.3 is 14.6 Å². The lowest BCUT2D eigenvalue weighted by molar-refractivity contribution is 0.248. The van der Waals surface area contributed by atoms with E-state index in [-0.39, 0.29) is 0 Å². The minimum atomic E-state index is -1.89. The summed E-state index contributed by atoms with van der Waals surface area (Å²) in [6.45, 7) is 2.09. The van der Waals surface area contributed by atoms with Crippen LogP contribution in [0.1, 0.15) is 12.0 Å². The van der Waals surface area contributed by atoms with Crippen LogP contribution in [0.15, 0.2) is 24.3 Å². The maximum Gasteiger partial charge on any atom is 0.334 e. The van der Waals surface area contributed by atoms with Crippen molar-refractivity contribution >= 4 is 14.2 Å². The van der Waals surface area contributed by atoms with E-state index in [1.54, 1.807) is 14.2 Å². The van der Waals surface area contributed by atoms with E-state index < -0.39 is 8.56 Å². The molecule has 0 fully saturated rings. The van der Waals surface area contributed by atoms with Gasteiger partial charge in [-0.1, -0.05) is 12.1 Å². The number of nitrogen functional groups attached to an aromatic ring is 1. The third kappa shape index (κ3) is 3.96. The second kappa shape index (κ2) is 6.03. The third-order valence-corrected chi connectivity index (χ3v) is 5.93. The van der Waals surface area contributed by atoms with Crippen LogP contribution in [0.25, 0.3) is 0 Å². The van der Waals surface area contributed by atoms with Crippen LogP contribution in [-0.4, -0.2) is 22.8 Å². The second-order valence-electron chi connectivity index (χ2n) is 4.14. The summed E-state index contributed by atoms with van der Waals surface area (Å²) < 4.78 is 10.9. The fourth-order valence-electron chi connectivity index (χ4n) is 1.59. The van der Waals surface area contributed by atoms with Crippen molar-refractivity contribution in [3.05, 3.63) is 29.8 Å². The summed E-state index contributed by atoms with van der Waals surface area (Å²) >= 11 is 0. The second-order valence-corrected chi connectivity index (χ2v) is 7.72. The highest BCUT2D eigenvalue weighted by atomic mass is 28.4. The van der Waals surface area contributed by atoms with Crippen LogP contribution in [0.4, 0.5) is 5.69 Å². The lowest BCUT2D eigenvalue weighted by Gasteiger charge is -2.22. The predicted molar refractivity (Wildman–Crippen MR) is 69.6 cm³/mol. The molecule has 90 valence electrons. The van der Waals surface area contributed by atoms with Crippen molar-refractivity contribution in [3.63, 3.8) is 0 Å². The van der Waals surface area contributed by atoms with Gasteiger partial charge in [0.15, 0.2) is 0 Å². The summed E-state index contributed by atoms with van der Waals surface area (Å²) in [5.41, 5.74) is 7.77. The molecular formula is C12H21NO2Si. The molecule has 4 heteroatoms. The monoisotopic (exact) mass is 239 g/mol. The van der Waals surface area contributed by atoms with Crippen LogP contribution < -0.4 is 5.73 Å². The average molecular weight is 239 g/mol. The number of aryl methyl sites for hydroxylation is 1. The standard InChI is InChI=1S/C12H21NO2Si/c1-14-16(3,15-2)10-4-5-11-6-8-12(13)9-7-11/h6-9H,4-5,10,13H2,1-3H3. The molecular weight excluding hydrogens is 218 g/mol. The number of hydrogen-bond donors (Lipinski definition) is 1. The summed E-state index contributed by atoms with van der Waals surface area (Å²) in [7, 11) is 1.58. The van der Waals surface area contributed by atoms with E-state index in [0.29, 0.717) is 0 Å². The first-order chi connectivity index (χ1) is 7.59. The Kier molecular flexibility index (Phi) is 4.98. The third-order valence-electron chi connectivity index (χ3n) is 2.94. The molecule has 0 unspecified atom stereocenters. The first kappa shape index (κ1) is 13.2. The van der Waals surface area contributed by atoms with Gasteiger partial charge in [0, 0.05) is 19.9 Å². The van der Waals surface area contributed by atoms with Crippen molar-refractivity contribution in [1.82, 2.24) is 0 Å². The molecule has 1 aromatic carbocycles. The van der Waals surface area contributed by atoms with Gasteiger partial charge in [0.05, 0.1) is 0 Å². The Morgan fingerprint density at radius 3 is 2.19 bits per heavy atom. The summed E-state index contributed by atoms with van der Waals surface area (Å²) in [6.07, 6.45) is 2.14. The van der Waals surface area contributed by atoms with E-state index in [1.165, 1.54) is 5.56 Å². The van der Waals surface area contributed by atoms with E-state index in [0.717, 1.165) is 24.6 Å². The Morgan fingerprint density at radius 1 is 1.12 bits per heavy atom. The number of anilines is 1. The van der Waals surface area contributed by atoms with Gasteiger partial charge in [-0.25, -0.2) is 0 Å². The number of nitrogens with two attached hydrogens (primary N) is 1. The molecule has 2 N–H and O–H groups in total. The summed E-state index contributed by atoms with van der Waals surface area (Å²) in [6, 6.07) is 9.06. The fourth-order valence-corrected chi connectivity index (χ4v) is 2.98. The molecule has 0 aromatic heterocycles. The molecule has 0 saturated carbocycles. The van der Waals surface area contributed by atoms with Crippen molar-refractivity contribution in [3.8, 4) is 0 Å². The van der Waals surface area contributed by atoms with Gasteiger partial charge >= 0.3 is 8.56 Å². The molecule has 0 heterocycles. The van der Waals surface area contributed by atoms with Crippen molar-refractivity contribution in [1.29, 1.82) is 0 Å². The van der Waals surface area contributed by atoms with Crippen LogP contribution in [0.2, 0.25) is 12.6 Å². The highest BCUT2D eigenvalue weighted by Crippen LogP contribution is 2.16. The maximum absolute atomic E-state index is 5.63. The molecule has 0 aliphatic rings. The maximum atomic E-state index is 5.63. The molecule has 0 atom stereocenters. The Bertz CT molecular complexity index is 309. The molecule has 0 radical (unpaired) electrons. The Hall–Kier alpha value is -0.843. The topological polar surface area (TPSA) is 44.5 Å². The van der Waals surface area contributed by atoms with Crippen LogP contribution in [-0.2, 0) is 15.3 Å². The molecule has 1 rings (SSSR count). The highest BCUT2D eigenvalue weighted by Gasteiger charge is 2.27. The van der Waals surface area contributed by atoms with Gasteiger partial charge in [0.1, 0.15) is 0 Å². The fraction of sp³-hybridized carbons (Fsp3) is 0.500. The van der Waals surface area contributed by atoms with Gasteiger partial charge in [0.25, 0.3) is 0 Å². The molecule has 3 nitrogen and oxygen atoms in total. The largest absolute Gasteiger partial charge is 0.399 e. The van der Waals surface area contributed by atoms with Crippen LogP contribution >= 0.6 is 0 Å². The van der Waals surface area contributed by atoms with E-state index in [1.807, 2.05) is 12.1 Å². The number of hydrogen-bond acceptors (Lipinski definition) is 3. The Balaban J connectivity index is 2.38. The molecule has 16 heavy (non-hydrogen) atoms. The normalized spacial score (nSPS) is 11.7. The zero-order chi connectivity index (χ0) is 12.0. The lowest BCUT2D eigenvalue weighted by atomic mass is 10.1. The average Bonchev–Trinajstić information content (AvgIpc) is 2.31. The first-order valence-corrected chi connectivity index (χ1v) is 8.07.